The number of aromatic nitrogens is 1. The zero-order chi connectivity index (χ0) is 10.1. The fourth-order valence-electron chi connectivity index (χ4n) is 1.09. The van der Waals surface area contributed by atoms with Crippen LogP contribution in [0.1, 0.15) is 24.6 Å². The van der Waals surface area contributed by atoms with Gasteiger partial charge in [-0.25, -0.2) is 0 Å². The highest BCUT2D eigenvalue weighted by atomic mass is 32.1. The smallest absolute Gasteiger partial charge is 0.0794 e. The first-order valence-corrected chi connectivity index (χ1v) is 5.97. The molecule has 1 heterocycles. The van der Waals surface area contributed by atoms with Crippen LogP contribution in [0.3, 0.4) is 0 Å². The molecule has 4 heteroatoms. The molecule has 0 radical (unpaired) electrons. The molecule has 1 rings (SSSR count). The van der Waals surface area contributed by atoms with Gasteiger partial charge in [0.2, 0.25) is 0 Å². The van der Waals surface area contributed by atoms with Crippen LogP contribution in [-0.4, -0.2) is 24.7 Å². The minimum Gasteiger partial charge on any atom is -0.381 e. The summed E-state index contributed by atoms with van der Waals surface area (Å²) in [6.45, 7) is 5.82. The van der Waals surface area contributed by atoms with Crippen LogP contribution in [0, 0.1) is 0 Å². The van der Waals surface area contributed by atoms with Crippen LogP contribution in [0.15, 0.2) is 11.7 Å². The summed E-state index contributed by atoms with van der Waals surface area (Å²) in [6, 6.07) is 0. The molecule has 0 saturated heterocycles. The van der Waals surface area contributed by atoms with Crippen molar-refractivity contribution in [2.24, 2.45) is 0 Å². The number of thiazole rings is 1. The Balaban J connectivity index is 1.85. The minimum atomic E-state index is 0.865. The molecule has 0 aliphatic carbocycles. The summed E-state index contributed by atoms with van der Waals surface area (Å²) in [6.07, 6.45) is 4.10. The molecule has 3 nitrogen and oxygen atoms in total. The van der Waals surface area contributed by atoms with E-state index in [-0.39, 0.29) is 0 Å². The van der Waals surface area contributed by atoms with Gasteiger partial charge in [0.15, 0.2) is 0 Å². The molecule has 0 amide bonds. The Morgan fingerprint density at radius 2 is 2.43 bits per heavy atom. The first-order chi connectivity index (χ1) is 6.93. The summed E-state index contributed by atoms with van der Waals surface area (Å²) in [4.78, 5) is 5.31. The molecule has 1 aromatic heterocycles. The molecule has 1 N–H and O–H groups in total. The molecule has 0 bridgehead atoms. The second kappa shape index (κ2) is 7.91. The van der Waals surface area contributed by atoms with Crippen LogP contribution >= 0.6 is 11.3 Å². The van der Waals surface area contributed by atoms with E-state index in [1.165, 1.54) is 4.88 Å². The minimum absolute atomic E-state index is 0.865. The third-order valence-corrected chi connectivity index (χ3v) is 2.55. The van der Waals surface area contributed by atoms with E-state index in [0.717, 1.165) is 39.1 Å². The fourth-order valence-corrected chi connectivity index (χ4v) is 1.65. The summed E-state index contributed by atoms with van der Waals surface area (Å²) in [5, 5.41) is 3.36. The Hall–Kier alpha value is -0.450. The molecule has 0 fully saturated rings. The van der Waals surface area contributed by atoms with Gasteiger partial charge in [-0.2, -0.15) is 0 Å². The van der Waals surface area contributed by atoms with Crippen molar-refractivity contribution in [3.8, 4) is 0 Å². The maximum atomic E-state index is 5.37. The van der Waals surface area contributed by atoms with Gasteiger partial charge in [-0.05, 0) is 19.4 Å². The van der Waals surface area contributed by atoms with Crippen molar-refractivity contribution in [1.29, 1.82) is 0 Å². The van der Waals surface area contributed by atoms with Crippen LogP contribution in [-0.2, 0) is 11.3 Å². The highest BCUT2D eigenvalue weighted by Gasteiger charge is 1.93. The van der Waals surface area contributed by atoms with Crippen molar-refractivity contribution in [1.82, 2.24) is 10.3 Å². The standard InChI is InChI=1S/C10H18N2OS/c1-2-5-13-6-3-4-11-7-10-8-12-9-14-10/h8-9,11H,2-7H2,1H3. The van der Waals surface area contributed by atoms with Gasteiger partial charge in [0, 0.05) is 30.8 Å². The Morgan fingerprint density at radius 3 is 3.14 bits per heavy atom. The number of ether oxygens (including phenoxy) is 1. The van der Waals surface area contributed by atoms with Crippen molar-refractivity contribution < 1.29 is 4.74 Å². The first kappa shape index (κ1) is 11.6. The van der Waals surface area contributed by atoms with Gasteiger partial charge in [0.05, 0.1) is 5.51 Å². The summed E-state index contributed by atoms with van der Waals surface area (Å²) in [5.41, 5.74) is 1.86. The normalized spacial score (nSPS) is 10.6. The largest absolute Gasteiger partial charge is 0.381 e. The van der Waals surface area contributed by atoms with E-state index in [1.807, 2.05) is 11.7 Å². The third kappa shape index (κ3) is 5.32. The molecule has 0 spiro atoms. The lowest BCUT2D eigenvalue weighted by atomic mass is 10.4. The van der Waals surface area contributed by atoms with Gasteiger partial charge in [-0.1, -0.05) is 6.92 Å². The number of rotatable bonds is 8. The van der Waals surface area contributed by atoms with E-state index in [0.29, 0.717) is 0 Å². The second-order valence-corrected chi connectivity index (χ2v) is 4.08. The van der Waals surface area contributed by atoms with Gasteiger partial charge in [-0.3, -0.25) is 4.98 Å². The van der Waals surface area contributed by atoms with Gasteiger partial charge < -0.3 is 10.1 Å². The van der Waals surface area contributed by atoms with Crippen LogP contribution in [0.2, 0.25) is 0 Å². The van der Waals surface area contributed by atoms with Gasteiger partial charge >= 0.3 is 0 Å². The van der Waals surface area contributed by atoms with Crippen LogP contribution < -0.4 is 5.32 Å². The zero-order valence-electron chi connectivity index (χ0n) is 8.66. The van der Waals surface area contributed by atoms with Crippen molar-refractivity contribution in [3.63, 3.8) is 0 Å². The van der Waals surface area contributed by atoms with E-state index in [2.05, 4.69) is 17.2 Å². The molecule has 1 aromatic rings. The average Bonchev–Trinajstić information content (AvgIpc) is 2.69. The Labute approximate surface area is 89.5 Å². The monoisotopic (exact) mass is 214 g/mol. The molecule has 0 saturated carbocycles. The maximum absolute atomic E-state index is 5.37. The third-order valence-electron chi connectivity index (χ3n) is 1.77. The summed E-state index contributed by atoms with van der Waals surface area (Å²) >= 11 is 1.69. The van der Waals surface area contributed by atoms with Crippen LogP contribution in [0.5, 0.6) is 0 Å². The van der Waals surface area contributed by atoms with Crippen molar-refractivity contribution in [3.05, 3.63) is 16.6 Å². The number of hydrogen-bond donors (Lipinski definition) is 1. The lowest BCUT2D eigenvalue weighted by Gasteiger charge is -2.03. The molecule has 0 aliphatic heterocycles. The van der Waals surface area contributed by atoms with E-state index >= 15 is 0 Å². The summed E-state index contributed by atoms with van der Waals surface area (Å²) in [5.74, 6) is 0. The molecular formula is C10H18N2OS. The first-order valence-electron chi connectivity index (χ1n) is 5.09. The summed E-state index contributed by atoms with van der Waals surface area (Å²) in [7, 11) is 0. The van der Waals surface area contributed by atoms with Gasteiger partial charge in [0.1, 0.15) is 0 Å². The highest BCUT2D eigenvalue weighted by Crippen LogP contribution is 2.03. The van der Waals surface area contributed by atoms with Crippen LogP contribution in [0.25, 0.3) is 0 Å². The van der Waals surface area contributed by atoms with E-state index in [9.17, 15) is 0 Å². The maximum Gasteiger partial charge on any atom is 0.0794 e. The molecule has 14 heavy (non-hydrogen) atoms. The lowest BCUT2D eigenvalue weighted by Crippen LogP contribution is -2.15. The molecule has 0 unspecified atom stereocenters. The Morgan fingerprint density at radius 1 is 1.50 bits per heavy atom. The van der Waals surface area contributed by atoms with E-state index in [1.54, 1.807) is 11.3 Å². The molecule has 80 valence electrons. The molecule has 0 aliphatic rings. The summed E-state index contributed by atoms with van der Waals surface area (Å²) < 4.78 is 5.37. The van der Waals surface area contributed by atoms with E-state index < -0.39 is 0 Å². The van der Waals surface area contributed by atoms with Gasteiger partial charge in [-0.15, -0.1) is 11.3 Å². The number of nitrogens with one attached hydrogen (secondary N) is 1. The zero-order valence-corrected chi connectivity index (χ0v) is 9.48. The van der Waals surface area contributed by atoms with Crippen LogP contribution in [0.4, 0.5) is 0 Å². The Bertz CT molecular complexity index is 214. The SMILES string of the molecule is CCCOCCCNCc1cncs1. The van der Waals surface area contributed by atoms with E-state index in [4.69, 9.17) is 4.74 Å². The quantitative estimate of drug-likeness (QED) is 0.673. The Kier molecular flexibility index (Phi) is 6.57. The predicted octanol–water partition coefficient (Wildman–Crippen LogP) is 2.05. The highest BCUT2D eigenvalue weighted by molar-refractivity contribution is 7.09. The molecule has 0 atom stereocenters. The molecular weight excluding hydrogens is 196 g/mol. The van der Waals surface area contributed by atoms with Crippen molar-refractivity contribution in [2.45, 2.75) is 26.3 Å². The molecule has 0 aromatic carbocycles. The number of hydrogen-bond acceptors (Lipinski definition) is 4. The fraction of sp³-hybridized carbons (Fsp3) is 0.700. The lowest BCUT2D eigenvalue weighted by molar-refractivity contribution is 0.132. The van der Waals surface area contributed by atoms with Gasteiger partial charge in [0.25, 0.3) is 0 Å². The van der Waals surface area contributed by atoms with Crippen molar-refractivity contribution >= 4 is 11.3 Å². The second-order valence-electron chi connectivity index (χ2n) is 3.11. The predicted molar refractivity (Wildman–Crippen MR) is 59.5 cm³/mol. The number of nitrogens with zero attached hydrogens (tertiary/aromatic N) is 1. The average molecular weight is 214 g/mol. The van der Waals surface area contributed by atoms with Crippen molar-refractivity contribution in [2.75, 3.05) is 19.8 Å². The topological polar surface area (TPSA) is 34.1 Å².